The number of nitrogens with one attached hydrogen (secondary N) is 1. The molecule has 0 aliphatic carbocycles. The van der Waals surface area contributed by atoms with Crippen molar-refractivity contribution >= 4 is 39.2 Å². The van der Waals surface area contributed by atoms with Crippen LogP contribution in [0.5, 0.6) is 0 Å². The summed E-state index contributed by atoms with van der Waals surface area (Å²) in [6.45, 7) is 4.38. The third-order valence-corrected chi connectivity index (χ3v) is 6.41. The van der Waals surface area contributed by atoms with Crippen LogP contribution in [0.4, 0.5) is 5.82 Å². The van der Waals surface area contributed by atoms with Crippen molar-refractivity contribution in [3.8, 4) is 11.8 Å². The van der Waals surface area contributed by atoms with E-state index in [1.54, 1.807) is 40.6 Å². The molecule has 1 saturated heterocycles. The lowest BCUT2D eigenvalue weighted by Gasteiger charge is -2.22. The molecule has 0 saturated carbocycles. The Labute approximate surface area is 195 Å². The summed E-state index contributed by atoms with van der Waals surface area (Å²) in [5.74, 6) is 5.73. The number of hydrogen-bond acceptors (Lipinski definition) is 7. The van der Waals surface area contributed by atoms with Crippen LogP contribution in [0.25, 0.3) is 10.2 Å². The number of carbonyl (C=O) groups is 2. The fraction of sp³-hybridized carbons (Fsp3) is 0.304. The number of primary amides is 1. The second-order valence-corrected chi connectivity index (χ2v) is 8.50. The lowest BCUT2D eigenvalue weighted by molar-refractivity contribution is -0.127. The summed E-state index contributed by atoms with van der Waals surface area (Å²) >= 11 is 1.56. The molecular weight excluding hydrogens is 440 g/mol. The molecule has 0 bridgehead atoms. The molecule has 0 unspecified atom stereocenters. The molecule has 33 heavy (non-hydrogen) atoms. The summed E-state index contributed by atoms with van der Waals surface area (Å²) in [7, 11) is 3.29. The smallest absolute Gasteiger partial charge is 0.255 e. The molecular formula is C23H24N6O3S. The molecule has 2 aromatic heterocycles. The van der Waals surface area contributed by atoms with E-state index in [1.165, 1.54) is 6.08 Å². The average Bonchev–Trinajstić information content (AvgIpc) is 3.53. The fourth-order valence-corrected chi connectivity index (χ4v) is 4.79. The van der Waals surface area contributed by atoms with Gasteiger partial charge < -0.3 is 20.7 Å². The lowest BCUT2D eigenvalue weighted by Crippen LogP contribution is -2.37. The number of aromatic nitrogens is 3. The predicted octanol–water partition coefficient (Wildman–Crippen LogP) is 2.01. The molecule has 1 aliphatic heterocycles. The Morgan fingerprint density at radius 3 is 2.94 bits per heavy atom. The van der Waals surface area contributed by atoms with Crippen molar-refractivity contribution in [2.24, 2.45) is 5.73 Å². The highest BCUT2D eigenvalue weighted by Crippen LogP contribution is 2.32. The third-order valence-electron chi connectivity index (χ3n) is 5.60. The number of benzene rings is 1. The maximum atomic E-state index is 12.4. The number of likely N-dealkylation sites (tertiary alicyclic amines) is 1. The molecule has 0 radical (unpaired) electrons. The SMILES string of the molecule is C=CC(=O)N1C[C@@H](n2nc(C#Cc3ccc4scnc4c3)c(C(N)=O)c2NC)C[C@@H]1COC. The molecule has 2 amide bonds. The van der Waals surface area contributed by atoms with Crippen LogP contribution in [0, 0.1) is 11.8 Å². The van der Waals surface area contributed by atoms with Crippen LogP contribution in [0.15, 0.2) is 36.4 Å². The summed E-state index contributed by atoms with van der Waals surface area (Å²) < 4.78 is 8.07. The fourth-order valence-electron chi connectivity index (χ4n) is 4.13. The molecule has 3 aromatic rings. The molecule has 3 N–H and O–H groups in total. The van der Waals surface area contributed by atoms with Crippen LogP contribution in [-0.2, 0) is 9.53 Å². The van der Waals surface area contributed by atoms with Gasteiger partial charge in [0.05, 0.1) is 34.4 Å². The zero-order chi connectivity index (χ0) is 23.5. The highest BCUT2D eigenvalue weighted by molar-refractivity contribution is 7.16. The van der Waals surface area contributed by atoms with E-state index in [2.05, 4.69) is 33.8 Å². The summed E-state index contributed by atoms with van der Waals surface area (Å²) in [6.07, 6.45) is 1.90. The van der Waals surface area contributed by atoms with E-state index in [-0.39, 0.29) is 29.2 Å². The van der Waals surface area contributed by atoms with Gasteiger partial charge in [0.1, 0.15) is 11.4 Å². The maximum absolute atomic E-state index is 12.4. The molecule has 10 heteroatoms. The maximum Gasteiger partial charge on any atom is 0.255 e. The number of ether oxygens (including phenoxy) is 1. The first-order valence-corrected chi connectivity index (χ1v) is 11.2. The van der Waals surface area contributed by atoms with Gasteiger partial charge in [-0.3, -0.25) is 9.59 Å². The molecule has 1 aliphatic rings. The number of rotatable bonds is 6. The summed E-state index contributed by atoms with van der Waals surface area (Å²) in [5.41, 5.74) is 9.60. The number of amides is 2. The topological polar surface area (TPSA) is 115 Å². The number of carbonyl (C=O) groups excluding carboxylic acids is 2. The van der Waals surface area contributed by atoms with E-state index < -0.39 is 5.91 Å². The first kappa shape index (κ1) is 22.5. The van der Waals surface area contributed by atoms with Gasteiger partial charge in [-0.25, -0.2) is 9.67 Å². The second-order valence-electron chi connectivity index (χ2n) is 7.61. The van der Waals surface area contributed by atoms with Gasteiger partial charge in [0.15, 0.2) is 5.69 Å². The number of anilines is 1. The van der Waals surface area contributed by atoms with Crippen LogP contribution in [0.1, 0.15) is 34.1 Å². The van der Waals surface area contributed by atoms with Gasteiger partial charge in [-0.1, -0.05) is 12.5 Å². The van der Waals surface area contributed by atoms with E-state index in [1.807, 2.05) is 18.2 Å². The Balaban J connectivity index is 1.72. The van der Waals surface area contributed by atoms with E-state index in [0.29, 0.717) is 25.4 Å². The van der Waals surface area contributed by atoms with Crippen molar-refractivity contribution in [2.45, 2.75) is 18.5 Å². The van der Waals surface area contributed by atoms with E-state index >= 15 is 0 Å². The van der Waals surface area contributed by atoms with Gasteiger partial charge in [0.25, 0.3) is 5.91 Å². The number of thiazole rings is 1. The molecule has 2 atom stereocenters. The van der Waals surface area contributed by atoms with E-state index in [4.69, 9.17) is 10.5 Å². The van der Waals surface area contributed by atoms with Crippen molar-refractivity contribution in [2.75, 3.05) is 32.6 Å². The van der Waals surface area contributed by atoms with Gasteiger partial charge in [-0.05, 0) is 36.6 Å². The highest BCUT2D eigenvalue weighted by atomic mass is 32.1. The Hall–Kier alpha value is -3.68. The second kappa shape index (κ2) is 9.44. The normalized spacial score (nSPS) is 17.6. The average molecular weight is 465 g/mol. The minimum absolute atomic E-state index is 0.129. The van der Waals surface area contributed by atoms with Crippen LogP contribution in [0.3, 0.4) is 0 Å². The molecule has 0 spiro atoms. The summed E-state index contributed by atoms with van der Waals surface area (Å²) in [4.78, 5) is 30.7. The number of nitrogens with zero attached hydrogens (tertiary/aromatic N) is 4. The first-order chi connectivity index (χ1) is 16.0. The third kappa shape index (κ3) is 4.33. The monoisotopic (exact) mass is 464 g/mol. The van der Waals surface area contributed by atoms with Crippen LogP contribution in [0.2, 0.25) is 0 Å². The van der Waals surface area contributed by atoms with E-state index in [0.717, 1.165) is 15.8 Å². The minimum Gasteiger partial charge on any atom is -0.383 e. The van der Waals surface area contributed by atoms with Gasteiger partial charge >= 0.3 is 0 Å². The Bertz CT molecular complexity index is 1280. The van der Waals surface area contributed by atoms with Crippen molar-refractivity contribution in [1.82, 2.24) is 19.7 Å². The zero-order valence-corrected chi connectivity index (χ0v) is 19.2. The lowest BCUT2D eigenvalue weighted by atomic mass is 10.1. The quantitative estimate of drug-likeness (QED) is 0.426. The predicted molar refractivity (Wildman–Crippen MR) is 127 cm³/mol. The largest absolute Gasteiger partial charge is 0.383 e. The van der Waals surface area contributed by atoms with Gasteiger partial charge in [0.2, 0.25) is 5.91 Å². The Morgan fingerprint density at radius 2 is 2.24 bits per heavy atom. The zero-order valence-electron chi connectivity index (χ0n) is 18.4. The number of fused-ring (bicyclic) bond motifs is 1. The Kier molecular flexibility index (Phi) is 6.44. The molecule has 1 fully saturated rings. The number of nitrogens with two attached hydrogens (primary N) is 1. The molecule has 4 rings (SSSR count). The van der Waals surface area contributed by atoms with Gasteiger partial charge in [-0.15, -0.1) is 11.3 Å². The van der Waals surface area contributed by atoms with Gasteiger partial charge in [-0.2, -0.15) is 5.10 Å². The first-order valence-electron chi connectivity index (χ1n) is 10.3. The molecule has 9 nitrogen and oxygen atoms in total. The van der Waals surface area contributed by atoms with Crippen LogP contribution >= 0.6 is 11.3 Å². The van der Waals surface area contributed by atoms with Crippen LogP contribution in [-0.4, -0.2) is 64.8 Å². The van der Waals surface area contributed by atoms with Crippen LogP contribution < -0.4 is 11.1 Å². The summed E-state index contributed by atoms with van der Waals surface area (Å²) in [6, 6.07) is 5.44. The molecule has 3 heterocycles. The van der Waals surface area contributed by atoms with E-state index in [9.17, 15) is 9.59 Å². The highest BCUT2D eigenvalue weighted by Gasteiger charge is 2.37. The van der Waals surface area contributed by atoms with Crippen molar-refractivity contribution in [3.63, 3.8) is 0 Å². The van der Waals surface area contributed by atoms with Crippen molar-refractivity contribution in [1.29, 1.82) is 0 Å². The Morgan fingerprint density at radius 1 is 1.42 bits per heavy atom. The standard InChI is InChI=1S/C23H24N6O3S/c1-4-20(30)28-11-15(10-16(28)12-32-3)29-23(25-2)21(22(24)31)17(27-29)7-5-14-6-8-19-18(9-14)26-13-33-19/h4,6,8-9,13,15-16,25H,1,10-12H2,2-3H3,(H2,24,31)/t15-,16+/m0/s1. The summed E-state index contributed by atoms with van der Waals surface area (Å²) in [5, 5.41) is 7.66. The molecule has 1 aromatic carbocycles. The number of methoxy groups -OCH3 is 1. The van der Waals surface area contributed by atoms with Crippen molar-refractivity contribution < 1.29 is 14.3 Å². The molecule has 170 valence electrons. The number of hydrogen-bond donors (Lipinski definition) is 2. The van der Waals surface area contributed by atoms with Crippen molar-refractivity contribution in [3.05, 3.63) is 53.2 Å². The minimum atomic E-state index is -0.629. The van der Waals surface area contributed by atoms with Gasteiger partial charge in [0, 0.05) is 26.3 Å².